The van der Waals surface area contributed by atoms with Crippen LogP contribution in [0, 0.1) is 0 Å². The lowest BCUT2D eigenvalue weighted by molar-refractivity contribution is -0.132. The predicted molar refractivity (Wildman–Crippen MR) is 74.3 cm³/mol. The standard InChI is InChI=1S/C14H14N2O2S/c1-8-6-11(14(17)18)12-9(2)19-13(16(8)12)10-4-3-5-15-7-10/h3-8,13H,1-2H3,(H,17,18). The number of hydrogen-bond donors (Lipinski definition) is 1. The summed E-state index contributed by atoms with van der Waals surface area (Å²) in [5, 5.41) is 9.42. The summed E-state index contributed by atoms with van der Waals surface area (Å²) < 4.78 is 0. The van der Waals surface area contributed by atoms with E-state index in [0.29, 0.717) is 5.57 Å². The monoisotopic (exact) mass is 274 g/mol. The molecule has 1 aromatic heterocycles. The molecule has 0 bridgehead atoms. The van der Waals surface area contributed by atoms with Crippen LogP contribution in [0.2, 0.25) is 0 Å². The first-order valence-corrected chi connectivity index (χ1v) is 6.99. The number of fused-ring (bicyclic) bond motifs is 1. The molecule has 2 aliphatic heterocycles. The van der Waals surface area contributed by atoms with Crippen molar-refractivity contribution in [3.63, 3.8) is 0 Å². The maximum atomic E-state index is 11.3. The van der Waals surface area contributed by atoms with Crippen molar-refractivity contribution >= 4 is 17.7 Å². The highest BCUT2D eigenvalue weighted by atomic mass is 32.2. The summed E-state index contributed by atoms with van der Waals surface area (Å²) >= 11 is 1.70. The zero-order valence-electron chi connectivity index (χ0n) is 10.7. The fraction of sp³-hybridized carbons (Fsp3) is 0.286. The third-order valence-corrected chi connectivity index (χ3v) is 4.70. The topological polar surface area (TPSA) is 53.4 Å². The van der Waals surface area contributed by atoms with E-state index in [0.717, 1.165) is 16.2 Å². The molecule has 98 valence electrons. The lowest BCUT2D eigenvalue weighted by atomic mass is 10.2. The molecule has 0 radical (unpaired) electrons. The van der Waals surface area contributed by atoms with Crippen LogP contribution in [0.3, 0.4) is 0 Å². The molecular weight excluding hydrogens is 260 g/mol. The summed E-state index contributed by atoms with van der Waals surface area (Å²) in [5.74, 6) is -0.851. The maximum absolute atomic E-state index is 11.3. The van der Waals surface area contributed by atoms with Crippen LogP contribution >= 0.6 is 11.8 Å². The molecule has 19 heavy (non-hydrogen) atoms. The van der Waals surface area contributed by atoms with Crippen LogP contribution in [0.1, 0.15) is 24.8 Å². The molecule has 2 aliphatic rings. The van der Waals surface area contributed by atoms with Gasteiger partial charge in [0, 0.05) is 28.9 Å². The van der Waals surface area contributed by atoms with Crippen LogP contribution in [0.25, 0.3) is 0 Å². The Morgan fingerprint density at radius 3 is 2.95 bits per heavy atom. The van der Waals surface area contributed by atoms with Crippen LogP contribution in [-0.2, 0) is 4.79 Å². The molecule has 2 unspecified atom stereocenters. The van der Waals surface area contributed by atoms with Gasteiger partial charge in [0.05, 0.1) is 11.3 Å². The van der Waals surface area contributed by atoms with Crippen molar-refractivity contribution < 1.29 is 9.90 Å². The van der Waals surface area contributed by atoms with E-state index in [9.17, 15) is 9.90 Å². The molecule has 5 heteroatoms. The van der Waals surface area contributed by atoms with Gasteiger partial charge in [0.15, 0.2) is 0 Å². The number of carboxylic acid groups (broad SMARTS) is 1. The summed E-state index contributed by atoms with van der Waals surface area (Å²) in [6.45, 7) is 4.01. The SMILES string of the molecule is CC1=C2C(C(=O)O)=CC(C)N2C(c2cccnc2)S1. The van der Waals surface area contributed by atoms with Crippen LogP contribution < -0.4 is 0 Å². The van der Waals surface area contributed by atoms with Crippen molar-refractivity contribution in [3.8, 4) is 0 Å². The molecule has 4 nitrogen and oxygen atoms in total. The molecule has 0 fully saturated rings. The largest absolute Gasteiger partial charge is 0.478 e. The third kappa shape index (κ3) is 1.85. The fourth-order valence-corrected chi connectivity index (χ4v) is 4.00. The number of aliphatic carboxylic acids is 1. The second kappa shape index (κ2) is 4.42. The van der Waals surface area contributed by atoms with Crippen LogP contribution in [0.5, 0.6) is 0 Å². The summed E-state index contributed by atoms with van der Waals surface area (Å²) in [4.78, 5) is 18.7. The second-order valence-corrected chi connectivity index (χ2v) is 5.99. The van der Waals surface area contributed by atoms with E-state index >= 15 is 0 Å². The van der Waals surface area contributed by atoms with Gasteiger partial charge in [0.25, 0.3) is 0 Å². The number of allylic oxidation sites excluding steroid dienone is 1. The molecule has 0 saturated heterocycles. The predicted octanol–water partition coefficient (Wildman–Crippen LogP) is 2.77. The first-order chi connectivity index (χ1) is 9.09. The van der Waals surface area contributed by atoms with Gasteiger partial charge in [-0.1, -0.05) is 17.8 Å². The zero-order chi connectivity index (χ0) is 13.6. The van der Waals surface area contributed by atoms with Gasteiger partial charge in [-0.25, -0.2) is 4.79 Å². The Bertz CT molecular complexity index is 595. The Balaban J connectivity index is 2.00. The molecule has 0 aliphatic carbocycles. The Kier molecular flexibility index (Phi) is 2.86. The molecule has 0 spiro atoms. The minimum Gasteiger partial charge on any atom is -0.478 e. The molecule has 1 N–H and O–H groups in total. The molecule has 3 heterocycles. The summed E-state index contributed by atoms with van der Waals surface area (Å²) in [7, 11) is 0. The quantitative estimate of drug-likeness (QED) is 0.898. The van der Waals surface area contributed by atoms with E-state index in [1.807, 2.05) is 38.3 Å². The van der Waals surface area contributed by atoms with Gasteiger partial charge < -0.3 is 10.0 Å². The minimum absolute atomic E-state index is 0.0938. The van der Waals surface area contributed by atoms with Crippen molar-refractivity contribution in [2.24, 2.45) is 0 Å². The molecule has 0 amide bonds. The van der Waals surface area contributed by atoms with E-state index < -0.39 is 5.97 Å². The number of carboxylic acids is 1. The number of nitrogens with zero attached hydrogens (tertiary/aromatic N) is 2. The van der Waals surface area contributed by atoms with Gasteiger partial charge >= 0.3 is 5.97 Å². The van der Waals surface area contributed by atoms with Crippen molar-refractivity contribution in [3.05, 3.63) is 52.3 Å². The van der Waals surface area contributed by atoms with Crippen molar-refractivity contribution in [2.45, 2.75) is 25.3 Å². The van der Waals surface area contributed by atoms with E-state index in [-0.39, 0.29) is 11.4 Å². The number of carbonyl (C=O) groups is 1. The summed E-state index contributed by atoms with van der Waals surface area (Å²) in [6, 6.07) is 4.04. The highest BCUT2D eigenvalue weighted by Crippen LogP contribution is 2.53. The molecule has 1 aromatic rings. The van der Waals surface area contributed by atoms with Gasteiger partial charge in [0.2, 0.25) is 0 Å². The smallest absolute Gasteiger partial charge is 0.337 e. The van der Waals surface area contributed by atoms with Gasteiger partial charge in [0.1, 0.15) is 5.37 Å². The van der Waals surface area contributed by atoms with Gasteiger partial charge in [-0.2, -0.15) is 0 Å². The molecule has 2 atom stereocenters. The Labute approximate surface area is 115 Å². The highest BCUT2D eigenvalue weighted by molar-refractivity contribution is 8.03. The van der Waals surface area contributed by atoms with Crippen LogP contribution in [0.4, 0.5) is 0 Å². The summed E-state index contributed by atoms with van der Waals surface area (Å²) in [5.41, 5.74) is 2.39. The third-order valence-electron chi connectivity index (χ3n) is 3.43. The van der Waals surface area contributed by atoms with Gasteiger partial charge in [-0.05, 0) is 26.0 Å². The van der Waals surface area contributed by atoms with Crippen molar-refractivity contribution in [2.75, 3.05) is 0 Å². The Hall–Kier alpha value is -1.75. The number of thioether (sulfide) groups is 1. The number of rotatable bonds is 2. The van der Waals surface area contributed by atoms with E-state index in [4.69, 9.17) is 0 Å². The Morgan fingerprint density at radius 1 is 1.53 bits per heavy atom. The summed E-state index contributed by atoms with van der Waals surface area (Å²) in [6.07, 6.45) is 5.42. The second-order valence-electron chi connectivity index (χ2n) is 4.69. The van der Waals surface area contributed by atoms with Crippen LogP contribution in [0.15, 0.2) is 46.8 Å². The van der Waals surface area contributed by atoms with Gasteiger partial charge in [-0.3, -0.25) is 4.98 Å². The lowest BCUT2D eigenvalue weighted by Crippen LogP contribution is -2.27. The van der Waals surface area contributed by atoms with E-state index in [1.54, 1.807) is 18.0 Å². The average molecular weight is 274 g/mol. The van der Waals surface area contributed by atoms with Crippen molar-refractivity contribution in [1.82, 2.24) is 9.88 Å². The molecule has 0 aromatic carbocycles. The average Bonchev–Trinajstić information content (AvgIpc) is 2.91. The van der Waals surface area contributed by atoms with Gasteiger partial charge in [-0.15, -0.1) is 0 Å². The molecular formula is C14H14N2O2S. The lowest BCUT2D eigenvalue weighted by Gasteiger charge is -2.28. The van der Waals surface area contributed by atoms with E-state index in [2.05, 4.69) is 9.88 Å². The fourth-order valence-electron chi connectivity index (χ4n) is 2.65. The highest BCUT2D eigenvalue weighted by Gasteiger charge is 2.41. The maximum Gasteiger partial charge on any atom is 0.337 e. The van der Waals surface area contributed by atoms with E-state index in [1.165, 1.54) is 0 Å². The normalized spacial score (nSPS) is 25.6. The first kappa shape index (κ1) is 12.3. The van der Waals surface area contributed by atoms with Crippen molar-refractivity contribution in [1.29, 1.82) is 0 Å². The first-order valence-electron chi connectivity index (χ1n) is 6.11. The zero-order valence-corrected chi connectivity index (χ0v) is 11.5. The number of aromatic nitrogens is 1. The number of hydrogen-bond acceptors (Lipinski definition) is 4. The number of pyridine rings is 1. The van der Waals surface area contributed by atoms with Crippen LogP contribution in [-0.4, -0.2) is 27.0 Å². The molecule has 0 saturated carbocycles. The minimum atomic E-state index is -0.851. The molecule has 3 rings (SSSR count). The Morgan fingerprint density at radius 2 is 2.32 bits per heavy atom.